The standard InChI is InChI=1S/C14H12N2OS2/c1-8-4-3-5-10-12(8)15-14(19-10)16-13(17)11-7-6-9(2)18-11/h3-7H,1-2H3,(H,15,16,17). The van der Waals surface area contributed by atoms with Gasteiger partial charge in [0.25, 0.3) is 5.91 Å². The lowest BCUT2D eigenvalue weighted by atomic mass is 10.2. The molecular formula is C14H12N2OS2. The van der Waals surface area contributed by atoms with Crippen LogP contribution < -0.4 is 5.32 Å². The number of amides is 1. The van der Waals surface area contributed by atoms with Gasteiger partial charge in [0.15, 0.2) is 5.13 Å². The van der Waals surface area contributed by atoms with E-state index in [1.54, 1.807) is 0 Å². The van der Waals surface area contributed by atoms with E-state index in [4.69, 9.17) is 0 Å². The molecular weight excluding hydrogens is 276 g/mol. The number of hydrogen-bond donors (Lipinski definition) is 1. The molecule has 2 aromatic heterocycles. The summed E-state index contributed by atoms with van der Waals surface area (Å²) in [5, 5.41) is 3.52. The number of nitrogens with one attached hydrogen (secondary N) is 1. The highest BCUT2D eigenvalue weighted by Crippen LogP contribution is 2.28. The highest BCUT2D eigenvalue weighted by molar-refractivity contribution is 7.22. The Morgan fingerprint density at radius 3 is 2.68 bits per heavy atom. The van der Waals surface area contributed by atoms with E-state index in [0.717, 1.165) is 20.7 Å². The van der Waals surface area contributed by atoms with E-state index in [1.807, 2.05) is 44.2 Å². The van der Waals surface area contributed by atoms with Gasteiger partial charge in [0, 0.05) is 4.88 Å². The van der Waals surface area contributed by atoms with Crippen molar-refractivity contribution in [3.05, 3.63) is 45.6 Å². The Morgan fingerprint density at radius 1 is 1.16 bits per heavy atom. The van der Waals surface area contributed by atoms with Crippen molar-refractivity contribution in [3.8, 4) is 0 Å². The van der Waals surface area contributed by atoms with Crippen molar-refractivity contribution in [2.24, 2.45) is 0 Å². The van der Waals surface area contributed by atoms with Crippen LogP contribution in [0.4, 0.5) is 5.13 Å². The average molecular weight is 288 g/mol. The number of aryl methyl sites for hydroxylation is 2. The fraction of sp³-hybridized carbons (Fsp3) is 0.143. The van der Waals surface area contributed by atoms with Crippen LogP contribution in [0.15, 0.2) is 30.3 Å². The molecule has 3 nitrogen and oxygen atoms in total. The predicted octanol–water partition coefficient (Wildman–Crippen LogP) is 4.23. The van der Waals surface area contributed by atoms with Crippen LogP contribution in [0.25, 0.3) is 10.2 Å². The Balaban J connectivity index is 1.89. The van der Waals surface area contributed by atoms with Gasteiger partial charge in [-0.1, -0.05) is 23.5 Å². The zero-order valence-corrected chi connectivity index (χ0v) is 12.2. The Bertz CT molecular complexity index is 758. The van der Waals surface area contributed by atoms with Crippen molar-refractivity contribution in [2.75, 3.05) is 5.32 Å². The van der Waals surface area contributed by atoms with E-state index in [-0.39, 0.29) is 5.91 Å². The highest BCUT2D eigenvalue weighted by Gasteiger charge is 2.12. The molecule has 0 atom stereocenters. The number of fused-ring (bicyclic) bond motifs is 1. The third-order valence-electron chi connectivity index (χ3n) is 2.81. The van der Waals surface area contributed by atoms with Crippen LogP contribution in [0.1, 0.15) is 20.1 Å². The number of aromatic nitrogens is 1. The van der Waals surface area contributed by atoms with Gasteiger partial charge < -0.3 is 0 Å². The molecule has 0 fully saturated rings. The second-order valence-corrected chi connectivity index (χ2v) is 6.62. The SMILES string of the molecule is Cc1ccc(C(=O)Nc2nc3c(C)cccc3s2)s1. The number of hydrogen-bond acceptors (Lipinski definition) is 4. The molecule has 3 aromatic rings. The lowest BCUT2D eigenvalue weighted by molar-refractivity contribution is 0.103. The lowest BCUT2D eigenvalue weighted by Gasteiger charge is -1.97. The van der Waals surface area contributed by atoms with Crippen molar-refractivity contribution in [2.45, 2.75) is 13.8 Å². The van der Waals surface area contributed by atoms with Crippen LogP contribution in [-0.2, 0) is 0 Å². The molecule has 1 N–H and O–H groups in total. The fourth-order valence-electron chi connectivity index (χ4n) is 1.85. The molecule has 0 aliphatic carbocycles. The number of rotatable bonds is 2. The third-order valence-corrected chi connectivity index (χ3v) is 4.74. The number of para-hydroxylation sites is 1. The molecule has 1 amide bonds. The smallest absolute Gasteiger partial charge is 0.267 e. The number of carbonyl (C=O) groups excluding carboxylic acids is 1. The fourth-order valence-corrected chi connectivity index (χ4v) is 3.56. The summed E-state index contributed by atoms with van der Waals surface area (Å²) in [6, 6.07) is 9.83. The van der Waals surface area contributed by atoms with Gasteiger partial charge in [-0.15, -0.1) is 11.3 Å². The van der Waals surface area contributed by atoms with E-state index in [2.05, 4.69) is 10.3 Å². The Hall–Kier alpha value is -1.72. The molecule has 0 radical (unpaired) electrons. The van der Waals surface area contributed by atoms with Gasteiger partial charge >= 0.3 is 0 Å². The molecule has 0 saturated carbocycles. The van der Waals surface area contributed by atoms with E-state index in [9.17, 15) is 4.79 Å². The summed E-state index contributed by atoms with van der Waals surface area (Å²) in [4.78, 5) is 18.4. The maximum atomic E-state index is 12.1. The molecule has 0 unspecified atom stereocenters. The lowest BCUT2D eigenvalue weighted by Crippen LogP contribution is -2.09. The normalized spacial score (nSPS) is 10.8. The molecule has 0 aliphatic rings. The van der Waals surface area contributed by atoms with Gasteiger partial charge in [-0.2, -0.15) is 0 Å². The van der Waals surface area contributed by atoms with Crippen molar-refractivity contribution in [3.63, 3.8) is 0 Å². The van der Waals surface area contributed by atoms with Gasteiger partial charge in [0.1, 0.15) is 0 Å². The average Bonchev–Trinajstić information content (AvgIpc) is 2.96. The molecule has 1 aromatic carbocycles. The van der Waals surface area contributed by atoms with E-state index in [0.29, 0.717) is 10.0 Å². The van der Waals surface area contributed by atoms with Crippen LogP contribution in [0.2, 0.25) is 0 Å². The van der Waals surface area contributed by atoms with Crippen molar-refractivity contribution >= 4 is 43.9 Å². The van der Waals surface area contributed by atoms with Gasteiger partial charge in [-0.3, -0.25) is 10.1 Å². The van der Waals surface area contributed by atoms with Crippen LogP contribution >= 0.6 is 22.7 Å². The Morgan fingerprint density at radius 2 is 2.00 bits per heavy atom. The van der Waals surface area contributed by atoms with Crippen LogP contribution in [0, 0.1) is 13.8 Å². The number of nitrogens with zero attached hydrogens (tertiary/aromatic N) is 1. The largest absolute Gasteiger partial charge is 0.297 e. The van der Waals surface area contributed by atoms with Gasteiger partial charge in [0.2, 0.25) is 0 Å². The van der Waals surface area contributed by atoms with Gasteiger partial charge in [-0.25, -0.2) is 4.98 Å². The predicted molar refractivity (Wildman–Crippen MR) is 81.4 cm³/mol. The molecule has 5 heteroatoms. The number of thiazole rings is 1. The van der Waals surface area contributed by atoms with Crippen LogP contribution in [0.3, 0.4) is 0 Å². The minimum absolute atomic E-state index is 0.0881. The molecule has 3 rings (SSSR count). The zero-order chi connectivity index (χ0) is 13.4. The van der Waals surface area contributed by atoms with Crippen molar-refractivity contribution < 1.29 is 4.79 Å². The number of carbonyl (C=O) groups is 1. The van der Waals surface area contributed by atoms with Crippen molar-refractivity contribution in [1.82, 2.24) is 4.98 Å². The summed E-state index contributed by atoms with van der Waals surface area (Å²) >= 11 is 2.99. The minimum atomic E-state index is -0.0881. The summed E-state index contributed by atoms with van der Waals surface area (Å²) < 4.78 is 1.10. The van der Waals surface area contributed by atoms with Gasteiger partial charge in [0.05, 0.1) is 15.1 Å². The molecule has 0 spiro atoms. The summed E-state index contributed by atoms with van der Waals surface area (Å²) in [5.74, 6) is -0.0881. The van der Waals surface area contributed by atoms with E-state index in [1.165, 1.54) is 22.7 Å². The first-order valence-corrected chi connectivity index (χ1v) is 7.51. The molecule has 0 aliphatic heterocycles. The first-order chi connectivity index (χ1) is 9.13. The minimum Gasteiger partial charge on any atom is -0.297 e. The second kappa shape index (κ2) is 4.75. The maximum Gasteiger partial charge on any atom is 0.267 e. The molecule has 19 heavy (non-hydrogen) atoms. The molecule has 0 saturated heterocycles. The molecule has 2 heterocycles. The molecule has 96 valence electrons. The number of benzene rings is 1. The highest BCUT2D eigenvalue weighted by atomic mass is 32.1. The van der Waals surface area contributed by atoms with E-state index >= 15 is 0 Å². The first kappa shape index (κ1) is 12.3. The Kier molecular flexibility index (Phi) is 3.08. The third kappa shape index (κ3) is 2.39. The summed E-state index contributed by atoms with van der Waals surface area (Å²) in [7, 11) is 0. The summed E-state index contributed by atoms with van der Waals surface area (Å²) in [6.45, 7) is 4.01. The second-order valence-electron chi connectivity index (χ2n) is 4.31. The monoisotopic (exact) mass is 288 g/mol. The number of thiophene rings is 1. The number of anilines is 1. The van der Waals surface area contributed by atoms with Crippen LogP contribution in [0.5, 0.6) is 0 Å². The summed E-state index contributed by atoms with van der Waals surface area (Å²) in [5.41, 5.74) is 2.09. The first-order valence-electron chi connectivity index (χ1n) is 5.87. The van der Waals surface area contributed by atoms with Gasteiger partial charge in [-0.05, 0) is 37.6 Å². The zero-order valence-electron chi connectivity index (χ0n) is 10.6. The van der Waals surface area contributed by atoms with Crippen LogP contribution in [-0.4, -0.2) is 10.9 Å². The maximum absolute atomic E-state index is 12.1. The summed E-state index contributed by atoms with van der Waals surface area (Å²) in [6.07, 6.45) is 0. The quantitative estimate of drug-likeness (QED) is 0.767. The van der Waals surface area contributed by atoms with E-state index < -0.39 is 0 Å². The topological polar surface area (TPSA) is 42.0 Å². The van der Waals surface area contributed by atoms with Crippen molar-refractivity contribution in [1.29, 1.82) is 0 Å². The Labute approximate surface area is 118 Å². The molecule has 0 bridgehead atoms.